The smallest absolute Gasteiger partial charge is 0.161 e. The van der Waals surface area contributed by atoms with Crippen molar-refractivity contribution in [3.8, 4) is 21.3 Å². The Morgan fingerprint density at radius 3 is 2.94 bits per heavy atom. The molecule has 0 atom stereocenters. The minimum atomic E-state index is 0.242. The van der Waals surface area contributed by atoms with Crippen LogP contribution in [0.4, 0.5) is 0 Å². The third kappa shape index (κ3) is 1.59. The number of nitrogens with zero attached hydrogens (tertiary/aromatic N) is 1. The zero-order valence-electron chi connectivity index (χ0n) is 9.01. The van der Waals surface area contributed by atoms with Crippen LogP contribution in [-0.2, 0) is 0 Å². The van der Waals surface area contributed by atoms with Crippen LogP contribution in [0.25, 0.3) is 20.0 Å². The van der Waals surface area contributed by atoms with Crippen LogP contribution in [0.5, 0.6) is 11.5 Å². The Bertz CT molecular complexity index is 659. The Labute approximate surface area is 106 Å². The molecule has 0 saturated heterocycles. The zero-order valence-corrected chi connectivity index (χ0v) is 10.6. The van der Waals surface area contributed by atoms with Crippen LogP contribution in [0.2, 0.25) is 0 Å². The molecular formula is C12H9NO2S2. The number of hydrogen-bond acceptors (Lipinski definition) is 5. The molecule has 0 amide bonds. The molecule has 0 aliphatic heterocycles. The molecule has 3 aromatic rings. The molecule has 0 spiro atoms. The van der Waals surface area contributed by atoms with E-state index in [0.717, 1.165) is 20.2 Å². The lowest BCUT2D eigenvalue weighted by Gasteiger charge is -1.98. The molecule has 5 heteroatoms. The number of aromatic nitrogens is 1. The minimum Gasteiger partial charge on any atom is -0.504 e. The molecule has 3 heterocycles. The topological polar surface area (TPSA) is 42.4 Å². The number of methoxy groups -OCH3 is 1. The van der Waals surface area contributed by atoms with Crippen LogP contribution < -0.4 is 4.74 Å². The van der Waals surface area contributed by atoms with Crippen LogP contribution in [-0.4, -0.2) is 17.2 Å². The molecular weight excluding hydrogens is 254 g/mol. The first-order chi connectivity index (χ1) is 8.31. The van der Waals surface area contributed by atoms with E-state index in [0.29, 0.717) is 5.52 Å². The highest BCUT2D eigenvalue weighted by Crippen LogP contribution is 2.46. The number of rotatable bonds is 2. The van der Waals surface area contributed by atoms with Gasteiger partial charge in [-0.05, 0) is 17.5 Å². The van der Waals surface area contributed by atoms with Crippen molar-refractivity contribution < 1.29 is 9.84 Å². The number of pyridine rings is 1. The second-order valence-electron chi connectivity index (χ2n) is 3.45. The first-order valence-electron chi connectivity index (χ1n) is 4.99. The van der Waals surface area contributed by atoms with E-state index in [1.807, 2.05) is 17.5 Å². The van der Waals surface area contributed by atoms with E-state index < -0.39 is 0 Å². The summed E-state index contributed by atoms with van der Waals surface area (Å²) in [7, 11) is 1.62. The van der Waals surface area contributed by atoms with Gasteiger partial charge in [0.2, 0.25) is 0 Å². The Morgan fingerprint density at radius 1 is 1.35 bits per heavy atom. The fourth-order valence-electron chi connectivity index (χ4n) is 1.69. The molecule has 17 heavy (non-hydrogen) atoms. The Morgan fingerprint density at radius 2 is 2.24 bits per heavy atom. The van der Waals surface area contributed by atoms with Gasteiger partial charge in [0.05, 0.1) is 16.7 Å². The minimum absolute atomic E-state index is 0.242. The van der Waals surface area contributed by atoms with Gasteiger partial charge in [-0.25, -0.2) is 0 Å². The Kier molecular flexibility index (Phi) is 2.49. The molecule has 0 radical (unpaired) electrons. The quantitative estimate of drug-likeness (QED) is 0.766. The fraction of sp³-hybridized carbons (Fsp3) is 0.0833. The van der Waals surface area contributed by atoms with Crippen molar-refractivity contribution in [1.82, 2.24) is 4.98 Å². The maximum atomic E-state index is 10.2. The van der Waals surface area contributed by atoms with Crippen LogP contribution >= 0.6 is 22.7 Å². The van der Waals surface area contributed by atoms with Gasteiger partial charge in [0.1, 0.15) is 11.3 Å². The van der Waals surface area contributed by atoms with E-state index in [9.17, 15) is 5.11 Å². The van der Waals surface area contributed by atoms with E-state index in [2.05, 4.69) is 4.98 Å². The van der Waals surface area contributed by atoms with Gasteiger partial charge < -0.3 is 9.84 Å². The number of ether oxygens (including phenoxy) is 1. The molecule has 0 fully saturated rings. The molecule has 0 aromatic carbocycles. The number of hydrogen-bond donors (Lipinski definition) is 1. The Balaban J connectivity index is 2.32. The fourth-order valence-corrected chi connectivity index (χ4v) is 3.69. The molecule has 0 aliphatic carbocycles. The molecule has 3 aromatic heterocycles. The molecule has 0 unspecified atom stereocenters. The highest BCUT2D eigenvalue weighted by molar-refractivity contribution is 7.26. The molecule has 0 saturated carbocycles. The van der Waals surface area contributed by atoms with Gasteiger partial charge in [-0.1, -0.05) is 6.07 Å². The Hall–Kier alpha value is -1.59. The van der Waals surface area contributed by atoms with E-state index in [-0.39, 0.29) is 5.75 Å². The number of aromatic hydroxyl groups is 1. The van der Waals surface area contributed by atoms with Crippen molar-refractivity contribution in [3.05, 3.63) is 29.8 Å². The normalized spacial score (nSPS) is 10.9. The van der Waals surface area contributed by atoms with Crippen molar-refractivity contribution in [2.45, 2.75) is 0 Å². The van der Waals surface area contributed by atoms with Crippen LogP contribution in [0.15, 0.2) is 29.8 Å². The van der Waals surface area contributed by atoms with Crippen LogP contribution in [0.3, 0.4) is 0 Å². The van der Waals surface area contributed by atoms with E-state index in [4.69, 9.17) is 4.74 Å². The van der Waals surface area contributed by atoms with Gasteiger partial charge in [-0.3, -0.25) is 4.98 Å². The highest BCUT2D eigenvalue weighted by atomic mass is 32.1. The summed E-state index contributed by atoms with van der Waals surface area (Å²) in [5.41, 5.74) is 0.609. The molecule has 1 N–H and O–H groups in total. The van der Waals surface area contributed by atoms with Crippen LogP contribution in [0.1, 0.15) is 0 Å². The van der Waals surface area contributed by atoms with Crippen molar-refractivity contribution in [2.75, 3.05) is 7.11 Å². The summed E-state index contributed by atoms with van der Waals surface area (Å²) in [5, 5.41) is 12.2. The van der Waals surface area contributed by atoms with Crippen molar-refractivity contribution >= 4 is 32.9 Å². The number of thiophene rings is 2. The van der Waals surface area contributed by atoms with Gasteiger partial charge in [0, 0.05) is 11.1 Å². The summed E-state index contributed by atoms with van der Waals surface area (Å²) in [6, 6.07) is 5.76. The third-order valence-electron chi connectivity index (χ3n) is 2.48. The lowest BCUT2D eigenvalue weighted by molar-refractivity contribution is 0.420. The van der Waals surface area contributed by atoms with Gasteiger partial charge in [-0.2, -0.15) is 0 Å². The second kappa shape index (κ2) is 4.01. The number of fused-ring (bicyclic) bond motifs is 1. The highest BCUT2D eigenvalue weighted by Gasteiger charge is 2.17. The maximum Gasteiger partial charge on any atom is 0.161 e. The summed E-state index contributed by atoms with van der Waals surface area (Å²) in [6.45, 7) is 0. The van der Waals surface area contributed by atoms with Gasteiger partial charge in [0.15, 0.2) is 5.75 Å². The average Bonchev–Trinajstić information content (AvgIpc) is 2.97. The molecule has 3 nitrogen and oxygen atoms in total. The predicted molar refractivity (Wildman–Crippen MR) is 71.1 cm³/mol. The van der Waals surface area contributed by atoms with E-state index in [1.165, 1.54) is 11.3 Å². The summed E-state index contributed by atoms with van der Waals surface area (Å²) >= 11 is 3.11. The van der Waals surface area contributed by atoms with Gasteiger partial charge in [0.25, 0.3) is 0 Å². The zero-order chi connectivity index (χ0) is 11.8. The summed E-state index contributed by atoms with van der Waals surface area (Å²) in [6.07, 6.45) is 1.64. The monoisotopic (exact) mass is 263 g/mol. The maximum absolute atomic E-state index is 10.2. The molecule has 0 aliphatic rings. The van der Waals surface area contributed by atoms with E-state index in [1.54, 1.807) is 30.7 Å². The summed E-state index contributed by atoms with van der Waals surface area (Å²) in [5.74, 6) is 0.990. The lowest BCUT2D eigenvalue weighted by Crippen LogP contribution is -1.82. The van der Waals surface area contributed by atoms with Crippen molar-refractivity contribution in [2.24, 2.45) is 0 Å². The van der Waals surface area contributed by atoms with Crippen molar-refractivity contribution in [3.63, 3.8) is 0 Å². The van der Waals surface area contributed by atoms with Crippen LogP contribution in [0, 0.1) is 0 Å². The molecule has 86 valence electrons. The standard InChI is InChI=1S/C12H9NO2S2/c1-15-7-4-5-13-9-10(14)12(17-11(7)9)8-3-2-6-16-8/h2-6,14H,1H3. The first-order valence-corrected chi connectivity index (χ1v) is 6.69. The second-order valence-corrected chi connectivity index (χ2v) is 5.42. The predicted octanol–water partition coefficient (Wildman–Crippen LogP) is 3.74. The van der Waals surface area contributed by atoms with E-state index >= 15 is 0 Å². The lowest BCUT2D eigenvalue weighted by atomic mass is 10.3. The van der Waals surface area contributed by atoms with Gasteiger partial charge in [-0.15, -0.1) is 22.7 Å². The summed E-state index contributed by atoms with van der Waals surface area (Å²) < 4.78 is 6.16. The first kappa shape index (κ1) is 10.6. The molecule has 0 bridgehead atoms. The largest absolute Gasteiger partial charge is 0.504 e. The summed E-state index contributed by atoms with van der Waals surface area (Å²) in [4.78, 5) is 6.11. The molecule has 3 rings (SSSR count). The third-order valence-corrected chi connectivity index (χ3v) is 4.71. The SMILES string of the molecule is COc1ccnc2c(O)c(-c3cccs3)sc12. The van der Waals surface area contributed by atoms with Crippen molar-refractivity contribution in [1.29, 1.82) is 0 Å². The average molecular weight is 263 g/mol. The van der Waals surface area contributed by atoms with Gasteiger partial charge >= 0.3 is 0 Å².